The zero-order valence-electron chi connectivity index (χ0n) is 12.0. The Morgan fingerprint density at radius 3 is 2.80 bits per heavy atom. The molecule has 4 nitrogen and oxygen atoms in total. The number of hydrogen-bond donors (Lipinski definition) is 2. The highest BCUT2D eigenvalue weighted by molar-refractivity contribution is 6.33. The highest BCUT2D eigenvalue weighted by Crippen LogP contribution is 2.39. The third kappa shape index (κ3) is 2.53. The molecule has 0 aliphatic carbocycles. The van der Waals surface area contributed by atoms with Crippen LogP contribution in [0.5, 0.6) is 0 Å². The van der Waals surface area contributed by atoms with Crippen molar-refractivity contribution < 1.29 is 4.79 Å². The van der Waals surface area contributed by atoms with Crippen molar-refractivity contribution >= 4 is 28.9 Å². The molecule has 5 heteroatoms. The predicted molar refractivity (Wildman–Crippen MR) is 84.6 cm³/mol. The highest BCUT2D eigenvalue weighted by Gasteiger charge is 2.31. The molecular weight excluding hydrogens is 274 g/mol. The van der Waals surface area contributed by atoms with Gasteiger partial charge in [0.1, 0.15) is 6.04 Å². The summed E-state index contributed by atoms with van der Waals surface area (Å²) in [5.74, 6) is -0.0458. The smallest absolute Gasteiger partial charge is 0.246 e. The zero-order valence-corrected chi connectivity index (χ0v) is 12.8. The Hall–Kier alpha value is -1.52. The summed E-state index contributed by atoms with van der Waals surface area (Å²) in [4.78, 5) is 14.0. The number of carbonyl (C=O) groups excluding carboxylic acids is 1. The van der Waals surface area contributed by atoms with Crippen LogP contribution in [-0.4, -0.2) is 25.5 Å². The molecule has 2 N–H and O–H groups in total. The van der Waals surface area contributed by atoms with Crippen LogP contribution in [-0.2, 0) is 4.79 Å². The van der Waals surface area contributed by atoms with Crippen LogP contribution in [0.15, 0.2) is 24.8 Å². The monoisotopic (exact) mass is 293 g/mol. The van der Waals surface area contributed by atoms with Gasteiger partial charge in [-0.15, -0.1) is 6.58 Å². The first kappa shape index (κ1) is 14.9. The normalized spacial score (nSPS) is 17.1. The Labute approximate surface area is 124 Å². The van der Waals surface area contributed by atoms with Crippen molar-refractivity contribution in [3.05, 3.63) is 35.4 Å². The van der Waals surface area contributed by atoms with Gasteiger partial charge in [0, 0.05) is 23.8 Å². The van der Waals surface area contributed by atoms with Crippen LogP contribution in [0.3, 0.4) is 0 Å². The van der Waals surface area contributed by atoms with Gasteiger partial charge in [-0.2, -0.15) is 0 Å². The van der Waals surface area contributed by atoms with Gasteiger partial charge in [-0.05, 0) is 33.0 Å². The minimum Gasteiger partial charge on any atom is -0.364 e. The van der Waals surface area contributed by atoms with Gasteiger partial charge in [-0.25, -0.2) is 0 Å². The minimum atomic E-state index is -0.330. The Morgan fingerprint density at radius 1 is 1.55 bits per heavy atom. The number of likely N-dealkylation sites (N-methyl/N-ethyl adjacent to an activating group) is 1. The maximum Gasteiger partial charge on any atom is 0.246 e. The average molecular weight is 294 g/mol. The van der Waals surface area contributed by atoms with Crippen molar-refractivity contribution in [1.82, 2.24) is 5.32 Å². The van der Waals surface area contributed by atoms with E-state index in [2.05, 4.69) is 36.0 Å². The van der Waals surface area contributed by atoms with Crippen molar-refractivity contribution in [3.8, 4) is 0 Å². The lowest BCUT2D eigenvalue weighted by molar-refractivity contribution is -0.117. The fraction of sp³-hybridized carbons (Fsp3) is 0.400. The van der Waals surface area contributed by atoms with Crippen LogP contribution in [0, 0.1) is 0 Å². The molecule has 1 atom stereocenters. The van der Waals surface area contributed by atoms with Crippen LogP contribution in [0.1, 0.15) is 25.5 Å². The van der Waals surface area contributed by atoms with E-state index in [1.54, 1.807) is 7.05 Å². The van der Waals surface area contributed by atoms with E-state index in [0.717, 1.165) is 16.9 Å². The van der Waals surface area contributed by atoms with Gasteiger partial charge in [0.15, 0.2) is 0 Å². The summed E-state index contributed by atoms with van der Waals surface area (Å²) in [5.41, 5.74) is 2.63. The Morgan fingerprint density at radius 2 is 2.25 bits per heavy atom. The first-order valence-corrected chi connectivity index (χ1v) is 7.06. The molecule has 20 heavy (non-hydrogen) atoms. The number of hydrogen-bond acceptors (Lipinski definition) is 3. The highest BCUT2D eigenvalue weighted by atomic mass is 35.5. The average Bonchev–Trinajstić information content (AvgIpc) is 2.69. The molecule has 1 aliphatic rings. The summed E-state index contributed by atoms with van der Waals surface area (Å²) >= 11 is 6.41. The maximum absolute atomic E-state index is 11.9. The van der Waals surface area contributed by atoms with Gasteiger partial charge in [0.05, 0.1) is 10.7 Å². The van der Waals surface area contributed by atoms with E-state index in [1.807, 2.05) is 18.2 Å². The fourth-order valence-electron chi connectivity index (χ4n) is 2.50. The number of nitrogens with zero attached hydrogens (tertiary/aromatic N) is 1. The number of rotatable bonds is 5. The molecule has 0 radical (unpaired) electrons. The minimum absolute atomic E-state index is 0.0458. The van der Waals surface area contributed by atoms with Crippen molar-refractivity contribution in [2.45, 2.75) is 25.9 Å². The largest absolute Gasteiger partial charge is 0.364 e. The quantitative estimate of drug-likeness (QED) is 0.821. The topological polar surface area (TPSA) is 44.4 Å². The van der Waals surface area contributed by atoms with Crippen LogP contribution < -0.4 is 15.5 Å². The second-order valence-electron chi connectivity index (χ2n) is 5.14. The fourth-order valence-corrected chi connectivity index (χ4v) is 2.78. The Kier molecular flexibility index (Phi) is 4.35. The molecule has 0 fully saturated rings. The van der Waals surface area contributed by atoms with Gasteiger partial charge >= 0.3 is 0 Å². The second kappa shape index (κ2) is 5.85. The maximum atomic E-state index is 11.9. The molecule has 0 aromatic heterocycles. The lowest BCUT2D eigenvalue weighted by atomic mass is 10.1. The van der Waals surface area contributed by atoms with Crippen LogP contribution in [0.4, 0.5) is 11.4 Å². The number of benzene rings is 1. The van der Waals surface area contributed by atoms with Crippen molar-refractivity contribution in [2.75, 3.05) is 23.8 Å². The van der Waals surface area contributed by atoms with Gasteiger partial charge in [-0.3, -0.25) is 4.79 Å². The predicted octanol–water partition coefficient (Wildman–Crippen LogP) is 2.95. The van der Waals surface area contributed by atoms with E-state index in [0.29, 0.717) is 17.6 Å². The van der Waals surface area contributed by atoms with Crippen LogP contribution >= 0.6 is 11.6 Å². The SMILES string of the molecule is C=CCN(c1cc2c(cc1Cl)C(NC)C(=O)N2)C(C)C. The van der Waals surface area contributed by atoms with Crippen molar-refractivity contribution in [3.63, 3.8) is 0 Å². The number of halogens is 1. The van der Waals surface area contributed by atoms with Gasteiger partial charge in [0.25, 0.3) is 0 Å². The molecule has 1 amide bonds. The van der Waals surface area contributed by atoms with Gasteiger partial charge in [0.2, 0.25) is 5.91 Å². The van der Waals surface area contributed by atoms with Crippen LogP contribution in [0.2, 0.25) is 5.02 Å². The number of anilines is 2. The summed E-state index contributed by atoms with van der Waals surface area (Å²) in [5, 5.41) is 6.53. The lowest BCUT2D eigenvalue weighted by Crippen LogP contribution is -2.31. The Bertz CT molecular complexity index is 542. The molecule has 0 saturated heterocycles. The van der Waals surface area contributed by atoms with E-state index in [4.69, 9.17) is 11.6 Å². The summed E-state index contributed by atoms with van der Waals surface area (Å²) in [6.07, 6.45) is 1.85. The number of amides is 1. The standard InChI is InChI=1S/C15H20ClN3O/c1-5-6-19(9(2)3)13-8-12-10(7-11(13)16)14(17-4)15(20)18-12/h5,7-9,14,17H,1,6H2,2-4H3,(H,18,20). The van der Waals surface area contributed by atoms with E-state index in [9.17, 15) is 4.79 Å². The summed E-state index contributed by atoms with van der Waals surface area (Å²) in [7, 11) is 1.76. The summed E-state index contributed by atoms with van der Waals surface area (Å²) < 4.78 is 0. The molecule has 0 saturated carbocycles. The molecule has 1 aliphatic heterocycles. The van der Waals surface area contributed by atoms with Crippen molar-refractivity contribution in [1.29, 1.82) is 0 Å². The molecule has 2 rings (SSSR count). The van der Waals surface area contributed by atoms with E-state index < -0.39 is 0 Å². The van der Waals surface area contributed by atoms with Gasteiger partial charge < -0.3 is 15.5 Å². The lowest BCUT2D eigenvalue weighted by Gasteiger charge is -2.29. The number of nitrogens with one attached hydrogen (secondary N) is 2. The van der Waals surface area contributed by atoms with E-state index in [-0.39, 0.29) is 11.9 Å². The molecule has 108 valence electrons. The molecule has 1 aromatic rings. The number of fused-ring (bicyclic) bond motifs is 1. The zero-order chi connectivity index (χ0) is 14.9. The van der Waals surface area contributed by atoms with Crippen LogP contribution in [0.25, 0.3) is 0 Å². The Balaban J connectivity index is 2.46. The van der Waals surface area contributed by atoms with Crippen molar-refractivity contribution in [2.24, 2.45) is 0 Å². The molecule has 0 bridgehead atoms. The molecule has 1 aromatic carbocycles. The third-order valence-corrected chi connectivity index (χ3v) is 3.80. The van der Waals surface area contributed by atoms with E-state index >= 15 is 0 Å². The number of carbonyl (C=O) groups is 1. The van der Waals surface area contributed by atoms with Gasteiger partial charge in [-0.1, -0.05) is 17.7 Å². The molecule has 1 unspecified atom stereocenters. The molecular formula is C15H20ClN3O. The first-order valence-electron chi connectivity index (χ1n) is 6.68. The third-order valence-electron chi connectivity index (χ3n) is 3.50. The second-order valence-corrected chi connectivity index (χ2v) is 5.54. The molecule has 1 heterocycles. The summed E-state index contributed by atoms with van der Waals surface area (Å²) in [6, 6.07) is 3.77. The van der Waals surface area contributed by atoms with E-state index in [1.165, 1.54) is 0 Å². The summed E-state index contributed by atoms with van der Waals surface area (Å²) in [6.45, 7) is 8.69. The molecule has 0 spiro atoms. The first-order chi connectivity index (χ1) is 9.49.